The van der Waals surface area contributed by atoms with Crippen LogP contribution in [0.15, 0.2) is 66.2 Å². The van der Waals surface area contributed by atoms with Crippen LogP contribution in [0, 0.1) is 6.92 Å². The maximum atomic E-state index is 12.9. The van der Waals surface area contributed by atoms with Crippen LogP contribution in [0.2, 0.25) is 0 Å². The van der Waals surface area contributed by atoms with Crippen LogP contribution in [-0.2, 0) is 7.05 Å². The second-order valence-electron chi connectivity index (χ2n) is 11.4. The van der Waals surface area contributed by atoms with Crippen molar-refractivity contribution in [3.8, 4) is 5.69 Å². The summed E-state index contributed by atoms with van der Waals surface area (Å²) in [4.78, 5) is 34.3. The molecule has 1 atom stereocenters. The van der Waals surface area contributed by atoms with E-state index in [4.69, 9.17) is 0 Å². The molecule has 8 heteroatoms. The van der Waals surface area contributed by atoms with E-state index in [0.717, 1.165) is 64.3 Å². The first kappa shape index (κ1) is 29.1. The van der Waals surface area contributed by atoms with Crippen molar-refractivity contribution in [2.75, 3.05) is 39.5 Å². The molecule has 1 aliphatic heterocycles. The number of fused-ring (bicyclic) bond motifs is 1. The molecule has 5 rings (SSSR count). The molecule has 1 aromatic carbocycles. The number of allylic oxidation sites excluding steroid dienone is 1. The lowest BCUT2D eigenvalue weighted by atomic mass is 9.87. The van der Waals surface area contributed by atoms with Gasteiger partial charge in [-0.05, 0) is 79.8 Å². The first-order valence-electron chi connectivity index (χ1n) is 14.3. The molecule has 1 unspecified atom stereocenters. The van der Waals surface area contributed by atoms with Crippen LogP contribution >= 0.6 is 0 Å². The minimum absolute atomic E-state index is 0.00256. The van der Waals surface area contributed by atoms with Crippen molar-refractivity contribution >= 4 is 33.8 Å². The normalized spacial score (nSPS) is 14.5. The molecule has 4 heterocycles. The number of aromatic nitrogens is 3. The molecule has 0 bridgehead atoms. The Labute approximate surface area is 247 Å². The van der Waals surface area contributed by atoms with Gasteiger partial charge in [-0.3, -0.25) is 19.1 Å². The molecule has 0 aliphatic carbocycles. The highest BCUT2D eigenvalue weighted by molar-refractivity contribution is 5.96. The van der Waals surface area contributed by atoms with Crippen LogP contribution in [0.3, 0.4) is 0 Å². The summed E-state index contributed by atoms with van der Waals surface area (Å²) in [5.74, 6) is -0.00256. The van der Waals surface area contributed by atoms with Gasteiger partial charge in [-0.25, -0.2) is 4.98 Å². The van der Waals surface area contributed by atoms with Gasteiger partial charge < -0.3 is 14.8 Å². The van der Waals surface area contributed by atoms with Crippen LogP contribution in [0.4, 0.5) is 5.69 Å². The fraction of sp³-hybridized carbons (Fsp3) is 0.324. The lowest BCUT2D eigenvalue weighted by Crippen LogP contribution is -2.32. The standard InChI is InChI=1S/C34H40N6O2/c1-21(2)27-18-25(34(42)37(6)7)17-22(3)32(27)24-10-14-39(15-11-24)23(4)30-20-28-29(9-13-36-33(28)38(30)8)40-16-12-26(35-5)19-31(40)41/h9-10,12-13,16-20,23,35H,1,11,14-15H2,2-8H3. The van der Waals surface area contributed by atoms with E-state index in [2.05, 4.69) is 52.3 Å². The first-order valence-corrected chi connectivity index (χ1v) is 14.3. The molecule has 3 aromatic heterocycles. The highest BCUT2D eigenvalue weighted by atomic mass is 16.2. The lowest BCUT2D eigenvalue weighted by molar-refractivity contribution is 0.0827. The number of hydrogen-bond acceptors (Lipinski definition) is 5. The average molecular weight is 565 g/mol. The summed E-state index contributed by atoms with van der Waals surface area (Å²) in [5.41, 5.74) is 9.77. The van der Waals surface area contributed by atoms with Gasteiger partial charge in [0.1, 0.15) is 5.65 Å². The van der Waals surface area contributed by atoms with Gasteiger partial charge in [0.25, 0.3) is 11.5 Å². The van der Waals surface area contributed by atoms with Crippen LogP contribution in [0.25, 0.3) is 27.9 Å². The van der Waals surface area contributed by atoms with Gasteiger partial charge in [0.05, 0.1) is 5.69 Å². The number of amides is 1. The Morgan fingerprint density at radius 2 is 1.93 bits per heavy atom. The molecule has 8 nitrogen and oxygen atoms in total. The molecule has 218 valence electrons. The van der Waals surface area contributed by atoms with E-state index in [-0.39, 0.29) is 17.5 Å². The fourth-order valence-corrected chi connectivity index (χ4v) is 6.05. The van der Waals surface area contributed by atoms with Crippen LogP contribution < -0.4 is 10.9 Å². The van der Waals surface area contributed by atoms with Crippen molar-refractivity contribution < 1.29 is 4.79 Å². The van der Waals surface area contributed by atoms with E-state index in [1.54, 1.807) is 49.1 Å². The number of benzene rings is 1. The topological polar surface area (TPSA) is 75.4 Å². The monoisotopic (exact) mass is 564 g/mol. The van der Waals surface area contributed by atoms with Gasteiger partial charge in [-0.15, -0.1) is 0 Å². The van der Waals surface area contributed by atoms with Gasteiger partial charge in [-0.2, -0.15) is 0 Å². The number of rotatable bonds is 7. The zero-order valence-corrected chi connectivity index (χ0v) is 25.7. The Morgan fingerprint density at radius 1 is 1.17 bits per heavy atom. The van der Waals surface area contributed by atoms with Gasteiger partial charge in [0, 0.05) is 88.1 Å². The van der Waals surface area contributed by atoms with Crippen molar-refractivity contribution in [1.82, 2.24) is 23.9 Å². The Hall–Kier alpha value is -4.43. The van der Waals surface area contributed by atoms with E-state index in [9.17, 15) is 9.59 Å². The van der Waals surface area contributed by atoms with Crippen molar-refractivity contribution in [2.45, 2.75) is 33.2 Å². The van der Waals surface area contributed by atoms with Crippen molar-refractivity contribution in [1.29, 1.82) is 0 Å². The van der Waals surface area contributed by atoms with E-state index in [0.29, 0.717) is 5.56 Å². The molecule has 1 aliphatic rings. The van der Waals surface area contributed by atoms with E-state index in [1.165, 1.54) is 11.1 Å². The summed E-state index contributed by atoms with van der Waals surface area (Å²) < 4.78 is 3.81. The zero-order valence-electron chi connectivity index (χ0n) is 25.7. The van der Waals surface area contributed by atoms with Crippen molar-refractivity contribution in [3.05, 3.63) is 99.7 Å². The third kappa shape index (κ3) is 5.18. The minimum Gasteiger partial charge on any atom is -0.388 e. The number of hydrogen-bond donors (Lipinski definition) is 1. The Bertz CT molecular complexity index is 1790. The molecule has 1 amide bonds. The van der Waals surface area contributed by atoms with Crippen molar-refractivity contribution in [3.63, 3.8) is 0 Å². The van der Waals surface area contributed by atoms with Crippen LogP contribution in [-0.4, -0.2) is 64.1 Å². The summed E-state index contributed by atoms with van der Waals surface area (Å²) in [6, 6.07) is 11.7. The highest BCUT2D eigenvalue weighted by Gasteiger charge is 2.25. The molecule has 0 saturated heterocycles. The summed E-state index contributed by atoms with van der Waals surface area (Å²) >= 11 is 0. The van der Waals surface area contributed by atoms with Gasteiger partial charge in [0.2, 0.25) is 0 Å². The zero-order chi connectivity index (χ0) is 30.3. The van der Waals surface area contributed by atoms with E-state index in [1.807, 2.05) is 38.2 Å². The number of nitrogens with one attached hydrogen (secondary N) is 1. The second kappa shape index (κ2) is 11.4. The van der Waals surface area contributed by atoms with E-state index < -0.39 is 0 Å². The highest BCUT2D eigenvalue weighted by Crippen LogP contribution is 2.36. The number of carbonyl (C=O) groups excluding carboxylic acids is 1. The Balaban J connectivity index is 1.45. The molecule has 1 N–H and O–H groups in total. The van der Waals surface area contributed by atoms with Crippen LogP contribution in [0.1, 0.15) is 59.1 Å². The number of nitrogens with zero attached hydrogens (tertiary/aromatic N) is 5. The summed E-state index contributed by atoms with van der Waals surface area (Å²) in [6.07, 6.45) is 6.78. The molecule has 0 saturated carbocycles. The fourth-order valence-electron chi connectivity index (χ4n) is 6.05. The average Bonchev–Trinajstić information content (AvgIpc) is 3.32. The SMILES string of the molecule is C=C(C)c1cc(C(=O)N(C)C)cc(C)c1C1=CCN(C(C)c2cc3c(-n4ccc(NC)cc4=O)ccnc3n2C)CC1. The quantitative estimate of drug-likeness (QED) is 0.314. The molecule has 42 heavy (non-hydrogen) atoms. The maximum Gasteiger partial charge on any atom is 0.257 e. The third-order valence-electron chi connectivity index (χ3n) is 8.40. The second-order valence-corrected chi connectivity index (χ2v) is 11.4. The van der Waals surface area contributed by atoms with Gasteiger partial charge in [-0.1, -0.05) is 18.2 Å². The number of pyridine rings is 2. The number of anilines is 1. The van der Waals surface area contributed by atoms with Gasteiger partial charge >= 0.3 is 0 Å². The first-order chi connectivity index (χ1) is 20.0. The van der Waals surface area contributed by atoms with E-state index >= 15 is 0 Å². The third-order valence-corrected chi connectivity index (χ3v) is 8.40. The number of carbonyl (C=O) groups is 1. The molecule has 0 radical (unpaired) electrons. The maximum absolute atomic E-state index is 12.9. The Kier molecular flexibility index (Phi) is 7.93. The molecule has 4 aromatic rings. The summed E-state index contributed by atoms with van der Waals surface area (Å²) in [7, 11) is 7.40. The predicted octanol–water partition coefficient (Wildman–Crippen LogP) is 5.66. The van der Waals surface area contributed by atoms with Crippen molar-refractivity contribution in [2.24, 2.45) is 7.05 Å². The minimum atomic E-state index is -0.0926. The largest absolute Gasteiger partial charge is 0.388 e. The molecule has 0 fully saturated rings. The number of aryl methyl sites for hydroxylation is 2. The molecular weight excluding hydrogens is 524 g/mol. The summed E-state index contributed by atoms with van der Waals surface area (Å²) in [5, 5.41) is 3.97. The lowest BCUT2D eigenvalue weighted by Gasteiger charge is -2.33. The predicted molar refractivity (Wildman–Crippen MR) is 172 cm³/mol. The summed E-state index contributed by atoms with van der Waals surface area (Å²) in [6.45, 7) is 12.2. The molecular formula is C34H40N6O2. The Morgan fingerprint density at radius 3 is 2.55 bits per heavy atom. The van der Waals surface area contributed by atoms with Crippen LogP contribution in [0.5, 0.6) is 0 Å². The van der Waals surface area contributed by atoms with Gasteiger partial charge in [0.15, 0.2) is 0 Å². The smallest absolute Gasteiger partial charge is 0.257 e. The molecule has 0 spiro atoms.